The van der Waals surface area contributed by atoms with Crippen molar-refractivity contribution in [3.63, 3.8) is 0 Å². The van der Waals surface area contributed by atoms with Gasteiger partial charge in [-0.05, 0) is 42.3 Å². The highest BCUT2D eigenvalue weighted by Crippen LogP contribution is 2.30. The van der Waals surface area contributed by atoms with Gasteiger partial charge in [-0.3, -0.25) is 9.78 Å². The fraction of sp³-hybridized carbons (Fsp3) is 0.345. The van der Waals surface area contributed by atoms with Gasteiger partial charge >= 0.3 is 6.09 Å². The summed E-state index contributed by atoms with van der Waals surface area (Å²) in [6.45, 7) is 2.11. The molecule has 3 aromatic rings. The molecule has 0 bridgehead atoms. The maximum Gasteiger partial charge on any atom is 0.404 e. The van der Waals surface area contributed by atoms with Gasteiger partial charge in [-0.15, -0.1) is 0 Å². The fourth-order valence-electron chi connectivity index (χ4n) is 4.73. The molecular weight excluding hydrogens is 541 g/mol. The Morgan fingerprint density at radius 3 is 2.20 bits per heavy atom. The zero-order valence-electron chi connectivity index (χ0n) is 22.3. The molecular formula is C29H31F3N4O5. The van der Waals surface area contributed by atoms with Crippen LogP contribution in [0.25, 0.3) is 0 Å². The summed E-state index contributed by atoms with van der Waals surface area (Å²) in [5.74, 6) is -3.01. The summed E-state index contributed by atoms with van der Waals surface area (Å²) in [4.78, 5) is 28.2. The Hall–Kier alpha value is -4.00. The van der Waals surface area contributed by atoms with Crippen LogP contribution in [-0.4, -0.2) is 60.9 Å². The second-order valence-electron chi connectivity index (χ2n) is 9.78. The third kappa shape index (κ3) is 7.81. The Bertz CT molecular complexity index is 1300. The highest BCUT2D eigenvalue weighted by atomic mass is 19.1. The number of ether oxygens (including phenoxy) is 3. The number of primary amides is 1. The summed E-state index contributed by atoms with van der Waals surface area (Å²) >= 11 is 0. The molecule has 5 N–H and O–H groups in total. The fourth-order valence-corrected chi connectivity index (χ4v) is 4.73. The molecule has 12 heteroatoms. The second-order valence-corrected chi connectivity index (χ2v) is 9.78. The normalized spacial score (nSPS) is 19.5. The Labute approximate surface area is 235 Å². The minimum absolute atomic E-state index is 0.0341. The summed E-state index contributed by atoms with van der Waals surface area (Å²) in [6.07, 6.45) is 0.298. The lowest BCUT2D eigenvalue weighted by Crippen LogP contribution is -2.55. The van der Waals surface area contributed by atoms with Gasteiger partial charge in [-0.1, -0.05) is 24.3 Å². The largest absolute Gasteiger partial charge is 0.487 e. The third-order valence-corrected chi connectivity index (χ3v) is 6.88. The standard InChI is InChI=1S/C29H31F3N4O5/c1-16-24(15-40-29(34)38)36-12-22(41-16)14-39-28-19(11-35-13-23(28)32)10-25(37)27(33)26(17-2-6-20(30)7-3-17)18-4-8-21(31)9-5-18/h2-9,11,13,16,22,24,26-27,36H,10,12,14-15,33H2,1H3,(H2,34,38)/t16-,22+,24-,27-/m1/s1. The van der Waals surface area contributed by atoms with Crippen LogP contribution in [0.3, 0.4) is 0 Å². The Morgan fingerprint density at radius 2 is 1.63 bits per heavy atom. The highest BCUT2D eigenvalue weighted by molar-refractivity contribution is 5.88. The maximum absolute atomic E-state index is 14.8. The number of amides is 1. The number of benzene rings is 2. The first kappa shape index (κ1) is 30.0. The molecule has 1 saturated heterocycles. The number of hydrogen-bond acceptors (Lipinski definition) is 8. The highest BCUT2D eigenvalue weighted by Gasteiger charge is 2.31. The van der Waals surface area contributed by atoms with E-state index >= 15 is 0 Å². The zero-order chi connectivity index (χ0) is 29.5. The van der Waals surface area contributed by atoms with E-state index in [1.165, 1.54) is 54.7 Å². The predicted octanol–water partition coefficient (Wildman–Crippen LogP) is 2.99. The number of pyridine rings is 1. The van der Waals surface area contributed by atoms with E-state index in [0.29, 0.717) is 17.7 Å². The van der Waals surface area contributed by atoms with Crippen LogP contribution in [0, 0.1) is 17.5 Å². The monoisotopic (exact) mass is 572 g/mol. The molecule has 218 valence electrons. The molecule has 41 heavy (non-hydrogen) atoms. The van der Waals surface area contributed by atoms with Crippen LogP contribution < -0.4 is 21.5 Å². The van der Waals surface area contributed by atoms with Crippen LogP contribution in [0.5, 0.6) is 5.75 Å². The number of rotatable bonds is 11. The lowest BCUT2D eigenvalue weighted by molar-refractivity contribution is -0.120. The molecule has 0 unspecified atom stereocenters. The van der Waals surface area contributed by atoms with E-state index in [1.54, 1.807) is 6.92 Å². The average molecular weight is 573 g/mol. The van der Waals surface area contributed by atoms with Gasteiger partial charge in [-0.25, -0.2) is 18.0 Å². The molecule has 1 aliphatic heterocycles. The lowest BCUT2D eigenvalue weighted by atomic mass is 9.82. The van der Waals surface area contributed by atoms with Gasteiger partial charge in [0.2, 0.25) is 0 Å². The number of halogens is 3. The molecule has 1 amide bonds. The lowest BCUT2D eigenvalue weighted by Gasteiger charge is -2.35. The van der Waals surface area contributed by atoms with Crippen molar-refractivity contribution in [2.75, 3.05) is 19.8 Å². The molecule has 0 saturated carbocycles. The van der Waals surface area contributed by atoms with Gasteiger partial charge in [0.1, 0.15) is 31.0 Å². The van der Waals surface area contributed by atoms with Crippen molar-refractivity contribution in [3.05, 3.63) is 95.1 Å². The van der Waals surface area contributed by atoms with Crippen LogP contribution in [0.15, 0.2) is 60.9 Å². The van der Waals surface area contributed by atoms with E-state index in [9.17, 15) is 22.8 Å². The molecule has 1 aromatic heterocycles. The van der Waals surface area contributed by atoms with Crippen molar-refractivity contribution < 1.29 is 37.0 Å². The van der Waals surface area contributed by atoms with Crippen LogP contribution in [-0.2, 0) is 20.7 Å². The summed E-state index contributed by atoms with van der Waals surface area (Å²) < 4.78 is 58.5. The van der Waals surface area contributed by atoms with E-state index in [2.05, 4.69) is 10.3 Å². The smallest absolute Gasteiger partial charge is 0.404 e. The molecule has 4 atom stereocenters. The quantitative estimate of drug-likeness (QED) is 0.319. The predicted molar refractivity (Wildman–Crippen MR) is 143 cm³/mol. The number of carbonyl (C=O) groups excluding carboxylic acids is 2. The van der Waals surface area contributed by atoms with Crippen molar-refractivity contribution in [2.45, 2.75) is 43.6 Å². The molecule has 2 aromatic carbocycles. The van der Waals surface area contributed by atoms with E-state index in [-0.39, 0.29) is 43.1 Å². The Morgan fingerprint density at radius 1 is 1.02 bits per heavy atom. The molecule has 1 aliphatic rings. The summed E-state index contributed by atoms with van der Waals surface area (Å²) in [6, 6.07) is 9.65. The molecule has 0 radical (unpaired) electrons. The maximum atomic E-state index is 14.8. The SMILES string of the molecule is C[C@H]1O[C@H](COc2c(F)cncc2CC(=O)[C@@H](N)C(c2ccc(F)cc2)c2ccc(F)cc2)CN[C@@H]1COC(N)=O. The molecule has 1 fully saturated rings. The number of morpholine rings is 1. The number of nitrogens with two attached hydrogens (primary N) is 2. The first-order valence-electron chi connectivity index (χ1n) is 13.0. The summed E-state index contributed by atoms with van der Waals surface area (Å²) in [5, 5.41) is 3.18. The van der Waals surface area contributed by atoms with Crippen LogP contribution >= 0.6 is 0 Å². The van der Waals surface area contributed by atoms with E-state index < -0.39 is 47.4 Å². The van der Waals surface area contributed by atoms with Crippen LogP contribution in [0.4, 0.5) is 18.0 Å². The van der Waals surface area contributed by atoms with Crippen molar-refractivity contribution in [1.29, 1.82) is 0 Å². The van der Waals surface area contributed by atoms with Crippen LogP contribution in [0.1, 0.15) is 29.5 Å². The molecule has 0 spiro atoms. The Kier molecular flexibility index (Phi) is 9.92. The number of ketones is 1. The summed E-state index contributed by atoms with van der Waals surface area (Å²) in [5.41, 5.74) is 12.8. The zero-order valence-corrected chi connectivity index (χ0v) is 22.3. The average Bonchev–Trinajstić information content (AvgIpc) is 2.94. The molecule has 0 aliphatic carbocycles. The first-order chi connectivity index (χ1) is 19.6. The number of hydrogen-bond donors (Lipinski definition) is 3. The van der Waals surface area contributed by atoms with Gasteiger partial charge in [-0.2, -0.15) is 0 Å². The van der Waals surface area contributed by atoms with Gasteiger partial charge in [0.05, 0.1) is 24.4 Å². The first-order valence-corrected chi connectivity index (χ1v) is 13.0. The van der Waals surface area contributed by atoms with E-state index in [0.717, 1.165) is 6.20 Å². The van der Waals surface area contributed by atoms with Gasteiger partial charge in [0.25, 0.3) is 0 Å². The summed E-state index contributed by atoms with van der Waals surface area (Å²) in [7, 11) is 0. The molecule has 9 nitrogen and oxygen atoms in total. The number of aromatic nitrogens is 1. The molecule has 4 rings (SSSR count). The van der Waals surface area contributed by atoms with Crippen molar-refractivity contribution in [3.8, 4) is 5.75 Å². The van der Waals surface area contributed by atoms with Crippen LogP contribution in [0.2, 0.25) is 0 Å². The van der Waals surface area contributed by atoms with Crippen molar-refractivity contribution in [2.24, 2.45) is 11.5 Å². The van der Waals surface area contributed by atoms with Gasteiger partial charge < -0.3 is 31.0 Å². The number of Topliss-reactive ketones (excluding diaryl/α,β-unsaturated/α-hetero) is 1. The van der Waals surface area contributed by atoms with E-state index in [4.69, 9.17) is 25.7 Å². The number of nitrogens with zero attached hydrogens (tertiary/aromatic N) is 1. The number of nitrogens with one attached hydrogen (secondary N) is 1. The minimum atomic E-state index is -1.13. The van der Waals surface area contributed by atoms with Gasteiger partial charge in [0, 0.05) is 30.6 Å². The third-order valence-electron chi connectivity index (χ3n) is 6.88. The minimum Gasteiger partial charge on any atom is -0.487 e. The van der Waals surface area contributed by atoms with E-state index in [1.807, 2.05) is 0 Å². The van der Waals surface area contributed by atoms with Gasteiger partial charge in [0.15, 0.2) is 17.3 Å². The van der Waals surface area contributed by atoms with Crippen molar-refractivity contribution in [1.82, 2.24) is 10.3 Å². The Balaban J connectivity index is 1.46. The molecule has 2 heterocycles. The van der Waals surface area contributed by atoms with Crippen molar-refractivity contribution >= 4 is 11.9 Å². The second kappa shape index (κ2) is 13.6. The topological polar surface area (TPSA) is 139 Å². The number of carbonyl (C=O) groups is 2.